The Labute approximate surface area is 204 Å². The van der Waals surface area contributed by atoms with Crippen molar-refractivity contribution in [1.29, 1.82) is 0 Å². The number of hydrogen-bond donors (Lipinski definition) is 2. The average Bonchev–Trinajstić information content (AvgIpc) is 2.86. The highest BCUT2D eigenvalue weighted by molar-refractivity contribution is 6.05. The number of amides is 2. The highest BCUT2D eigenvalue weighted by Gasteiger charge is 2.17. The Morgan fingerprint density at radius 1 is 0.714 bits per heavy atom. The van der Waals surface area contributed by atoms with Crippen molar-refractivity contribution in [2.24, 2.45) is 0 Å². The van der Waals surface area contributed by atoms with Crippen LogP contribution in [0.1, 0.15) is 41.5 Å². The van der Waals surface area contributed by atoms with Crippen LogP contribution in [0.25, 0.3) is 0 Å². The zero-order chi connectivity index (χ0) is 25.2. The van der Waals surface area contributed by atoms with Gasteiger partial charge in [-0.25, -0.2) is 0 Å². The number of hydrogen-bond acceptors (Lipinski definition) is 6. The molecule has 0 aliphatic carbocycles. The molecule has 0 spiro atoms. The van der Waals surface area contributed by atoms with Crippen molar-refractivity contribution in [1.82, 2.24) is 0 Å². The van der Waals surface area contributed by atoms with Crippen molar-refractivity contribution in [2.45, 2.75) is 20.8 Å². The minimum absolute atomic E-state index is 0.0934. The molecule has 8 nitrogen and oxygen atoms in total. The third-order valence-electron chi connectivity index (χ3n) is 4.85. The third-order valence-corrected chi connectivity index (χ3v) is 4.85. The Balaban J connectivity index is 1.78. The molecule has 182 valence electrons. The fraction of sp³-hybridized carbons (Fsp3) is 0.222. The van der Waals surface area contributed by atoms with Gasteiger partial charge in [-0.3, -0.25) is 14.4 Å². The average molecular weight is 477 g/mol. The van der Waals surface area contributed by atoms with E-state index in [-0.39, 0.29) is 18.3 Å². The molecule has 0 aromatic heterocycles. The van der Waals surface area contributed by atoms with Crippen molar-refractivity contribution in [3.63, 3.8) is 0 Å². The Kier molecular flexibility index (Phi) is 8.83. The number of benzene rings is 3. The van der Waals surface area contributed by atoms with Crippen LogP contribution in [0.4, 0.5) is 11.4 Å². The van der Waals surface area contributed by atoms with Crippen LogP contribution in [0.5, 0.6) is 17.2 Å². The van der Waals surface area contributed by atoms with E-state index in [1.54, 1.807) is 60.7 Å². The lowest BCUT2D eigenvalue weighted by Crippen LogP contribution is -2.21. The molecule has 0 aliphatic heterocycles. The van der Waals surface area contributed by atoms with E-state index in [2.05, 4.69) is 10.6 Å². The van der Waals surface area contributed by atoms with Gasteiger partial charge in [-0.1, -0.05) is 30.3 Å². The van der Waals surface area contributed by atoms with Gasteiger partial charge >= 0.3 is 0 Å². The van der Waals surface area contributed by atoms with Crippen molar-refractivity contribution in [2.75, 3.05) is 30.5 Å². The van der Waals surface area contributed by atoms with Gasteiger partial charge in [0.15, 0.2) is 12.4 Å². The number of anilines is 2. The van der Waals surface area contributed by atoms with Crippen LogP contribution in [0.2, 0.25) is 0 Å². The maximum atomic E-state index is 12.7. The molecule has 8 heteroatoms. The first-order valence-corrected chi connectivity index (χ1v) is 11.2. The predicted molar refractivity (Wildman–Crippen MR) is 134 cm³/mol. The molecule has 3 aromatic rings. The van der Waals surface area contributed by atoms with Gasteiger partial charge in [0, 0.05) is 23.3 Å². The molecule has 0 aliphatic rings. The van der Waals surface area contributed by atoms with Gasteiger partial charge in [-0.15, -0.1) is 0 Å². The second-order valence-electron chi connectivity index (χ2n) is 7.45. The zero-order valence-electron chi connectivity index (χ0n) is 19.9. The number of carbonyl (C=O) groups excluding carboxylic acids is 3. The van der Waals surface area contributed by atoms with Crippen LogP contribution in [-0.2, 0) is 4.79 Å². The van der Waals surface area contributed by atoms with Crippen molar-refractivity contribution in [3.05, 3.63) is 77.9 Å². The number of carbonyl (C=O) groups is 3. The lowest BCUT2D eigenvalue weighted by Gasteiger charge is -2.18. The summed E-state index contributed by atoms with van der Waals surface area (Å²) in [7, 11) is 0. The lowest BCUT2D eigenvalue weighted by atomic mass is 10.1. The van der Waals surface area contributed by atoms with E-state index in [9.17, 15) is 14.4 Å². The molecule has 0 atom stereocenters. The van der Waals surface area contributed by atoms with Crippen LogP contribution < -0.4 is 24.8 Å². The first-order chi connectivity index (χ1) is 16.9. The van der Waals surface area contributed by atoms with Crippen molar-refractivity contribution < 1.29 is 28.6 Å². The van der Waals surface area contributed by atoms with Crippen LogP contribution in [0.15, 0.2) is 66.7 Å². The Bertz CT molecular complexity index is 1190. The normalized spacial score (nSPS) is 10.3. The fourth-order valence-corrected chi connectivity index (χ4v) is 3.23. The van der Waals surface area contributed by atoms with Gasteiger partial charge in [0.25, 0.3) is 11.8 Å². The zero-order valence-corrected chi connectivity index (χ0v) is 19.9. The van der Waals surface area contributed by atoms with Crippen molar-refractivity contribution >= 4 is 29.0 Å². The molecular formula is C27H28N2O6. The van der Waals surface area contributed by atoms with E-state index < -0.39 is 5.91 Å². The second kappa shape index (κ2) is 12.2. The highest BCUT2D eigenvalue weighted by Crippen LogP contribution is 2.37. The number of rotatable bonds is 11. The Hall–Kier alpha value is -4.33. The monoisotopic (exact) mass is 476 g/mol. The molecule has 2 N–H and O–H groups in total. The van der Waals surface area contributed by atoms with Crippen LogP contribution >= 0.6 is 0 Å². The van der Waals surface area contributed by atoms with E-state index in [1.165, 1.54) is 6.92 Å². The van der Waals surface area contributed by atoms with E-state index in [1.807, 2.05) is 19.9 Å². The summed E-state index contributed by atoms with van der Waals surface area (Å²) >= 11 is 0. The molecule has 0 radical (unpaired) electrons. The maximum Gasteiger partial charge on any atom is 0.262 e. The second-order valence-corrected chi connectivity index (χ2v) is 7.45. The van der Waals surface area contributed by atoms with E-state index in [4.69, 9.17) is 14.2 Å². The first kappa shape index (κ1) is 25.3. The molecule has 0 saturated heterocycles. The molecule has 3 rings (SSSR count). The number of ketones is 1. The van der Waals surface area contributed by atoms with E-state index in [0.29, 0.717) is 53.0 Å². The fourth-order valence-electron chi connectivity index (χ4n) is 3.23. The molecule has 2 amide bonds. The summed E-state index contributed by atoms with van der Waals surface area (Å²) < 4.78 is 17.0. The van der Waals surface area contributed by atoms with Gasteiger partial charge in [0.05, 0.1) is 24.6 Å². The highest BCUT2D eigenvalue weighted by atomic mass is 16.5. The Morgan fingerprint density at radius 2 is 1.31 bits per heavy atom. The molecule has 35 heavy (non-hydrogen) atoms. The number of Topliss-reactive ketones (excluding diaryl/α,β-unsaturated/α-hetero) is 1. The minimum atomic E-state index is -0.428. The molecule has 0 saturated carbocycles. The SMILES string of the molecule is CCOc1cc(NC(=O)c2ccccc2)c(OCC)cc1NC(=O)COc1cccc(C(C)=O)c1. The van der Waals surface area contributed by atoms with Gasteiger partial charge in [0.2, 0.25) is 0 Å². The van der Waals surface area contributed by atoms with Crippen molar-refractivity contribution in [3.8, 4) is 17.2 Å². The third kappa shape index (κ3) is 7.07. The van der Waals surface area contributed by atoms with E-state index in [0.717, 1.165) is 0 Å². The largest absolute Gasteiger partial charge is 0.492 e. The van der Waals surface area contributed by atoms with Crippen LogP contribution in [-0.4, -0.2) is 37.4 Å². The summed E-state index contributed by atoms with van der Waals surface area (Å²) in [5.74, 6) is 0.336. The summed E-state index contributed by atoms with van der Waals surface area (Å²) in [5.41, 5.74) is 1.78. The molecule has 3 aromatic carbocycles. The topological polar surface area (TPSA) is 103 Å². The lowest BCUT2D eigenvalue weighted by molar-refractivity contribution is -0.118. The maximum absolute atomic E-state index is 12.7. The van der Waals surface area contributed by atoms with Gasteiger partial charge in [-0.05, 0) is 45.0 Å². The molecular weight excluding hydrogens is 448 g/mol. The molecule has 0 unspecified atom stereocenters. The summed E-state index contributed by atoms with van der Waals surface area (Å²) in [6.07, 6.45) is 0. The van der Waals surface area contributed by atoms with E-state index >= 15 is 0 Å². The standard InChI is InChI=1S/C27H28N2O6/c1-4-33-24-16-23(29-27(32)19-10-7-6-8-11-19)25(34-5-2)15-22(24)28-26(31)17-35-21-13-9-12-20(14-21)18(3)30/h6-16H,4-5,17H2,1-3H3,(H,28,31)(H,29,32). The first-order valence-electron chi connectivity index (χ1n) is 11.2. The predicted octanol–water partition coefficient (Wildman–Crippen LogP) is 4.96. The molecule has 0 heterocycles. The summed E-state index contributed by atoms with van der Waals surface area (Å²) in [4.78, 5) is 36.8. The number of nitrogens with one attached hydrogen (secondary N) is 2. The van der Waals surface area contributed by atoms with Gasteiger partial charge < -0.3 is 24.8 Å². The summed E-state index contributed by atoms with van der Waals surface area (Å²) in [5, 5.41) is 5.61. The number of ether oxygens (including phenoxy) is 3. The van der Waals surface area contributed by atoms with Crippen LogP contribution in [0.3, 0.4) is 0 Å². The van der Waals surface area contributed by atoms with Gasteiger partial charge in [-0.2, -0.15) is 0 Å². The van der Waals surface area contributed by atoms with Gasteiger partial charge in [0.1, 0.15) is 17.2 Å². The molecule has 0 bridgehead atoms. The summed E-state index contributed by atoms with van der Waals surface area (Å²) in [6, 6.07) is 18.6. The molecule has 0 fully saturated rings. The summed E-state index contributed by atoms with van der Waals surface area (Å²) in [6.45, 7) is 5.52. The smallest absolute Gasteiger partial charge is 0.262 e. The van der Waals surface area contributed by atoms with Crippen LogP contribution in [0, 0.1) is 0 Å². The minimum Gasteiger partial charge on any atom is -0.492 e. The Morgan fingerprint density at radius 3 is 1.91 bits per heavy atom. The quantitative estimate of drug-likeness (QED) is 0.379.